The van der Waals surface area contributed by atoms with Crippen molar-refractivity contribution in [2.24, 2.45) is 5.22 Å². The van der Waals surface area contributed by atoms with E-state index in [9.17, 15) is 0 Å². The van der Waals surface area contributed by atoms with E-state index in [0.29, 0.717) is 0 Å². The van der Waals surface area contributed by atoms with Crippen molar-refractivity contribution in [2.45, 2.75) is 13.0 Å². The second-order valence-electron chi connectivity index (χ2n) is 3.17. The van der Waals surface area contributed by atoms with Crippen molar-refractivity contribution in [3.05, 3.63) is 36.6 Å². The predicted molar refractivity (Wildman–Crippen MR) is 51.2 cm³/mol. The Morgan fingerprint density at radius 1 is 1.57 bits per heavy atom. The minimum Gasteiger partial charge on any atom is -0.257 e. The first-order valence-corrected chi connectivity index (χ1v) is 4.70. The molecule has 72 valence electrons. The van der Waals surface area contributed by atoms with Gasteiger partial charge in [0.25, 0.3) is 6.54 Å². The van der Waals surface area contributed by atoms with Gasteiger partial charge < -0.3 is 0 Å². The Labute approximate surface area is 83.9 Å². The molecule has 0 amide bonds. The third-order valence-corrected chi connectivity index (χ3v) is 2.16. The molecular formula is C10H13N4+. The van der Waals surface area contributed by atoms with Crippen molar-refractivity contribution < 1.29 is 4.70 Å². The van der Waals surface area contributed by atoms with E-state index in [-0.39, 0.29) is 6.04 Å². The molecule has 1 aliphatic rings. The Balaban J connectivity index is 2.16. The Bertz CT molecular complexity index is 333. The number of nitrogens with zero attached hydrogens (tertiary/aromatic N) is 4. The van der Waals surface area contributed by atoms with Gasteiger partial charge in [-0.15, -0.1) is 4.70 Å². The second kappa shape index (κ2) is 3.74. The highest BCUT2D eigenvalue weighted by Crippen LogP contribution is 2.25. The molecule has 4 nitrogen and oxygen atoms in total. The molecule has 0 saturated carbocycles. The van der Waals surface area contributed by atoms with Gasteiger partial charge in [0.15, 0.2) is 0 Å². The zero-order valence-electron chi connectivity index (χ0n) is 8.38. The van der Waals surface area contributed by atoms with Gasteiger partial charge in [-0.3, -0.25) is 4.98 Å². The highest BCUT2D eigenvalue weighted by Gasteiger charge is 2.35. The molecule has 0 fully saturated rings. The van der Waals surface area contributed by atoms with Crippen LogP contribution in [0, 0.1) is 6.54 Å². The highest BCUT2D eigenvalue weighted by molar-refractivity contribution is 5.11. The standard InChI is InChI=1S/C10H13N4/c1-3-14-8-10(13(2)12-14)9-6-4-5-7-11-9/h4-7,10H,3H2,1-2H3/q+1. The summed E-state index contributed by atoms with van der Waals surface area (Å²) in [6.45, 7) is 6.12. The van der Waals surface area contributed by atoms with Crippen LogP contribution in [0.2, 0.25) is 0 Å². The molecule has 4 heteroatoms. The first-order valence-electron chi connectivity index (χ1n) is 4.70. The van der Waals surface area contributed by atoms with Crippen LogP contribution in [0.15, 0.2) is 29.6 Å². The topological polar surface area (TPSA) is 31.5 Å². The molecule has 2 radical (unpaired) electrons. The SMILES string of the molecule is CC[N+]1=NN(C)C(c2ccccn2)[C]1. The first-order chi connectivity index (χ1) is 6.81. The minimum atomic E-state index is 0.0520. The Kier molecular flexibility index (Phi) is 2.43. The molecule has 2 heterocycles. The lowest BCUT2D eigenvalue weighted by Crippen LogP contribution is -2.15. The van der Waals surface area contributed by atoms with E-state index in [0.717, 1.165) is 12.2 Å². The van der Waals surface area contributed by atoms with Gasteiger partial charge >= 0.3 is 0 Å². The van der Waals surface area contributed by atoms with Gasteiger partial charge in [-0.1, -0.05) is 6.07 Å². The fourth-order valence-electron chi connectivity index (χ4n) is 1.42. The zero-order chi connectivity index (χ0) is 9.97. The average Bonchev–Trinajstić information content (AvgIpc) is 2.61. The molecule has 2 rings (SSSR count). The van der Waals surface area contributed by atoms with Gasteiger partial charge in [-0.05, 0) is 19.1 Å². The lowest BCUT2D eigenvalue weighted by atomic mass is 10.2. The van der Waals surface area contributed by atoms with Gasteiger partial charge in [0, 0.05) is 6.20 Å². The predicted octanol–water partition coefficient (Wildman–Crippen LogP) is 1.51. The molecule has 1 aromatic heterocycles. The molecule has 0 N–H and O–H groups in total. The summed E-state index contributed by atoms with van der Waals surface area (Å²) in [4.78, 5) is 4.29. The molecule has 1 aromatic rings. The van der Waals surface area contributed by atoms with Crippen LogP contribution in [-0.4, -0.2) is 28.3 Å². The molecule has 1 atom stereocenters. The maximum absolute atomic E-state index is 4.29. The van der Waals surface area contributed by atoms with E-state index >= 15 is 0 Å². The van der Waals surface area contributed by atoms with E-state index < -0.39 is 0 Å². The van der Waals surface area contributed by atoms with Crippen LogP contribution in [0.4, 0.5) is 0 Å². The van der Waals surface area contributed by atoms with Crippen LogP contribution >= 0.6 is 0 Å². The average molecular weight is 189 g/mol. The Hall–Kier alpha value is -1.45. The summed E-state index contributed by atoms with van der Waals surface area (Å²) >= 11 is 0. The summed E-state index contributed by atoms with van der Waals surface area (Å²) in [5.41, 5.74) is 0.981. The molecule has 0 spiro atoms. The van der Waals surface area contributed by atoms with Crippen LogP contribution in [0.5, 0.6) is 0 Å². The molecule has 0 aromatic carbocycles. The van der Waals surface area contributed by atoms with Crippen LogP contribution in [-0.2, 0) is 0 Å². The first kappa shape index (κ1) is 9.12. The molecule has 1 unspecified atom stereocenters. The third kappa shape index (κ3) is 1.60. The maximum atomic E-state index is 4.29. The Morgan fingerprint density at radius 2 is 2.43 bits per heavy atom. The summed E-state index contributed by atoms with van der Waals surface area (Å²) in [5.74, 6) is 0. The highest BCUT2D eigenvalue weighted by atomic mass is 15.6. The summed E-state index contributed by atoms with van der Waals surface area (Å²) in [6.07, 6.45) is 1.79. The summed E-state index contributed by atoms with van der Waals surface area (Å²) in [6, 6.07) is 5.93. The van der Waals surface area contributed by atoms with Crippen molar-refractivity contribution in [3.8, 4) is 0 Å². The van der Waals surface area contributed by atoms with Crippen molar-refractivity contribution in [3.63, 3.8) is 0 Å². The number of rotatable bonds is 2. The molecule has 0 aliphatic carbocycles. The van der Waals surface area contributed by atoms with Gasteiger partial charge in [-0.25, -0.2) is 0 Å². The fraction of sp³-hybridized carbons (Fsp3) is 0.400. The third-order valence-electron chi connectivity index (χ3n) is 2.16. The zero-order valence-corrected chi connectivity index (χ0v) is 8.38. The summed E-state index contributed by atoms with van der Waals surface area (Å²) in [7, 11) is 1.93. The normalized spacial score (nSPS) is 21.1. The van der Waals surface area contributed by atoms with Crippen LogP contribution < -0.4 is 0 Å². The largest absolute Gasteiger partial charge is 0.283 e. The summed E-state index contributed by atoms with van der Waals surface area (Å²) < 4.78 is 1.80. The van der Waals surface area contributed by atoms with Gasteiger partial charge in [-0.2, -0.15) is 5.01 Å². The van der Waals surface area contributed by atoms with Gasteiger partial charge in [0.2, 0.25) is 6.04 Å². The van der Waals surface area contributed by atoms with E-state index in [1.807, 2.05) is 37.2 Å². The van der Waals surface area contributed by atoms with Crippen molar-refractivity contribution in [1.82, 2.24) is 9.99 Å². The van der Waals surface area contributed by atoms with Crippen molar-refractivity contribution >= 4 is 0 Å². The summed E-state index contributed by atoms with van der Waals surface area (Å²) in [5, 5.41) is 6.15. The van der Waals surface area contributed by atoms with Crippen molar-refractivity contribution in [1.29, 1.82) is 0 Å². The number of aromatic nitrogens is 1. The van der Waals surface area contributed by atoms with Crippen LogP contribution in [0.1, 0.15) is 18.7 Å². The van der Waals surface area contributed by atoms with Crippen LogP contribution in [0.25, 0.3) is 0 Å². The lowest BCUT2D eigenvalue weighted by molar-refractivity contribution is -0.548. The second-order valence-corrected chi connectivity index (χ2v) is 3.17. The fourth-order valence-corrected chi connectivity index (χ4v) is 1.42. The lowest BCUT2D eigenvalue weighted by Gasteiger charge is -2.06. The van der Waals surface area contributed by atoms with Gasteiger partial charge in [0.1, 0.15) is 6.54 Å². The molecule has 0 bridgehead atoms. The number of pyridine rings is 1. The van der Waals surface area contributed by atoms with E-state index in [1.165, 1.54) is 0 Å². The Morgan fingerprint density at radius 3 is 3.00 bits per heavy atom. The quantitative estimate of drug-likeness (QED) is 0.660. The van der Waals surface area contributed by atoms with Crippen molar-refractivity contribution in [2.75, 3.05) is 13.6 Å². The van der Waals surface area contributed by atoms with E-state index in [2.05, 4.69) is 16.8 Å². The molecule has 14 heavy (non-hydrogen) atoms. The van der Waals surface area contributed by atoms with Crippen LogP contribution in [0.3, 0.4) is 0 Å². The molecule has 0 saturated heterocycles. The molecular weight excluding hydrogens is 176 g/mol. The monoisotopic (exact) mass is 189 g/mol. The minimum absolute atomic E-state index is 0.0520. The van der Waals surface area contributed by atoms with E-state index in [4.69, 9.17) is 0 Å². The number of hydrogen-bond donors (Lipinski definition) is 0. The molecule has 1 aliphatic heterocycles. The van der Waals surface area contributed by atoms with Gasteiger partial charge in [0.05, 0.1) is 18.0 Å². The maximum Gasteiger partial charge on any atom is 0.283 e. The number of hydrogen-bond acceptors (Lipinski definition) is 3. The van der Waals surface area contributed by atoms with E-state index in [1.54, 1.807) is 10.9 Å². The smallest absolute Gasteiger partial charge is 0.257 e. The number of likely N-dealkylation sites (N-methyl/N-ethyl adjacent to an activating group) is 2.